The van der Waals surface area contributed by atoms with Crippen molar-refractivity contribution in [3.63, 3.8) is 0 Å². The molecule has 0 saturated carbocycles. The van der Waals surface area contributed by atoms with Crippen LogP contribution in [0.5, 0.6) is 11.5 Å². The normalized spacial score (nSPS) is 15.7. The van der Waals surface area contributed by atoms with E-state index in [9.17, 15) is 9.59 Å². The van der Waals surface area contributed by atoms with Crippen LogP contribution in [0.3, 0.4) is 0 Å². The number of rotatable bonds is 4. The van der Waals surface area contributed by atoms with Gasteiger partial charge in [0, 0.05) is 5.02 Å². The van der Waals surface area contributed by atoms with Gasteiger partial charge in [-0.3, -0.25) is 4.79 Å². The summed E-state index contributed by atoms with van der Waals surface area (Å²) in [7, 11) is 1.28. The molecule has 0 bridgehead atoms. The summed E-state index contributed by atoms with van der Waals surface area (Å²) in [6.07, 6.45) is -0.878. The first-order valence-electron chi connectivity index (χ1n) is 8.02. The quantitative estimate of drug-likeness (QED) is 0.769. The van der Waals surface area contributed by atoms with Crippen molar-refractivity contribution in [1.82, 2.24) is 0 Å². The van der Waals surface area contributed by atoms with E-state index in [1.165, 1.54) is 12.0 Å². The molecule has 0 N–H and O–H groups in total. The van der Waals surface area contributed by atoms with E-state index >= 15 is 0 Å². The Morgan fingerprint density at radius 2 is 2.04 bits per heavy atom. The van der Waals surface area contributed by atoms with Crippen LogP contribution in [0.25, 0.3) is 0 Å². The maximum Gasteiger partial charge on any atom is 0.348 e. The Kier molecular flexibility index (Phi) is 5.32. The number of nitrogens with zero attached hydrogens (tertiary/aromatic N) is 1. The van der Waals surface area contributed by atoms with Gasteiger partial charge in [0.15, 0.2) is 6.61 Å². The molecule has 7 heteroatoms. The van der Waals surface area contributed by atoms with Gasteiger partial charge in [0.1, 0.15) is 11.5 Å². The fraction of sp³-hybridized carbons (Fsp3) is 0.263. The third kappa shape index (κ3) is 3.75. The summed E-state index contributed by atoms with van der Waals surface area (Å²) in [5.41, 5.74) is 1.45. The van der Waals surface area contributed by atoms with E-state index in [0.29, 0.717) is 22.2 Å². The molecule has 0 fully saturated rings. The summed E-state index contributed by atoms with van der Waals surface area (Å²) < 4.78 is 16.0. The zero-order chi connectivity index (χ0) is 18.7. The topological polar surface area (TPSA) is 65.1 Å². The van der Waals surface area contributed by atoms with Crippen molar-refractivity contribution >= 4 is 29.2 Å². The zero-order valence-electron chi connectivity index (χ0n) is 14.4. The van der Waals surface area contributed by atoms with Crippen LogP contribution in [-0.4, -0.2) is 38.2 Å². The minimum absolute atomic E-state index is 0.0610. The number of esters is 1. The molecule has 1 aliphatic rings. The molecule has 0 saturated heterocycles. The van der Waals surface area contributed by atoms with Crippen molar-refractivity contribution in [2.45, 2.75) is 13.0 Å². The van der Waals surface area contributed by atoms with Crippen LogP contribution in [0.4, 0.5) is 5.69 Å². The number of methoxy groups -OCH3 is 1. The molecule has 2 aromatic carbocycles. The number of anilines is 1. The predicted molar refractivity (Wildman–Crippen MR) is 96.9 cm³/mol. The van der Waals surface area contributed by atoms with Gasteiger partial charge < -0.3 is 19.1 Å². The van der Waals surface area contributed by atoms with Crippen LogP contribution in [0.15, 0.2) is 42.5 Å². The lowest BCUT2D eigenvalue weighted by Crippen LogP contribution is -2.48. The molecule has 0 aliphatic carbocycles. The Morgan fingerprint density at radius 1 is 1.27 bits per heavy atom. The van der Waals surface area contributed by atoms with Gasteiger partial charge in [0.05, 0.1) is 19.3 Å². The molecule has 0 radical (unpaired) electrons. The van der Waals surface area contributed by atoms with Gasteiger partial charge in [0.25, 0.3) is 5.91 Å². The summed E-state index contributed by atoms with van der Waals surface area (Å²) in [4.78, 5) is 26.0. The minimum Gasteiger partial charge on any atom is -0.484 e. The molecule has 6 nitrogen and oxygen atoms in total. The Balaban J connectivity index is 1.76. The number of hydrogen-bond acceptors (Lipinski definition) is 5. The standard InChI is InChI=1S/C19H18ClNO5/c1-12-9-13(7-8-14(12)20)25-11-18(22)21-10-17(19(23)24-2)26-16-6-4-3-5-15(16)21/h3-9,17H,10-11H2,1-2H3/t17-/m0/s1. The van der Waals surface area contributed by atoms with Crippen LogP contribution >= 0.6 is 11.6 Å². The number of carbonyl (C=O) groups is 2. The lowest BCUT2D eigenvalue weighted by molar-refractivity contribution is -0.148. The van der Waals surface area contributed by atoms with E-state index in [4.69, 9.17) is 25.8 Å². The second-order valence-electron chi connectivity index (χ2n) is 5.80. The van der Waals surface area contributed by atoms with Crippen molar-refractivity contribution in [3.8, 4) is 11.5 Å². The smallest absolute Gasteiger partial charge is 0.348 e. The number of halogens is 1. The molecule has 1 aliphatic heterocycles. The molecule has 0 unspecified atom stereocenters. The molecule has 0 aromatic heterocycles. The summed E-state index contributed by atoms with van der Waals surface area (Å²) in [5, 5.41) is 0.631. The second kappa shape index (κ2) is 7.66. The summed E-state index contributed by atoms with van der Waals surface area (Å²) in [6.45, 7) is 1.74. The van der Waals surface area contributed by atoms with E-state index in [1.807, 2.05) is 6.92 Å². The summed E-state index contributed by atoms with van der Waals surface area (Å²) in [6, 6.07) is 12.2. The zero-order valence-corrected chi connectivity index (χ0v) is 15.2. The van der Waals surface area contributed by atoms with Crippen molar-refractivity contribution in [3.05, 3.63) is 53.1 Å². The van der Waals surface area contributed by atoms with Crippen LogP contribution in [0.2, 0.25) is 5.02 Å². The highest BCUT2D eigenvalue weighted by Gasteiger charge is 2.34. The molecular formula is C19H18ClNO5. The van der Waals surface area contributed by atoms with Gasteiger partial charge in [-0.2, -0.15) is 0 Å². The molecular weight excluding hydrogens is 358 g/mol. The van der Waals surface area contributed by atoms with Gasteiger partial charge in [-0.15, -0.1) is 0 Å². The van der Waals surface area contributed by atoms with Crippen molar-refractivity contribution in [2.24, 2.45) is 0 Å². The highest BCUT2D eigenvalue weighted by molar-refractivity contribution is 6.31. The maximum absolute atomic E-state index is 12.7. The van der Waals surface area contributed by atoms with Crippen molar-refractivity contribution in [1.29, 1.82) is 0 Å². The number of carbonyl (C=O) groups excluding carboxylic acids is 2. The van der Waals surface area contributed by atoms with Gasteiger partial charge >= 0.3 is 5.97 Å². The minimum atomic E-state index is -0.878. The van der Waals surface area contributed by atoms with E-state index in [-0.39, 0.29) is 19.1 Å². The van der Waals surface area contributed by atoms with Gasteiger partial charge in [-0.25, -0.2) is 4.79 Å². The number of aryl methyl sites for hydroxylation is 1. The van der Waals surface area contributed by atoms with E-state index < -0.39 is 12.1 Å². The first kappa shape index (κ1) is 18.1. The van der Waals surface area contributed by atoms with Crippen LogP contribution < -0.4 is 14.4 Å². The first-order valence-corrected chi connectivity index (χ1v) is 8.40. The Labute approximate surface area is 156 Å². The number of fused-ring (bicyclic) bond motifs is 1. The molecule has 1 atom stereocenters. The van der Waals surface area contributed by atoms with Crippen LogP contribution in [0.1, 0.15) is 5.56 Å². The Hall–Kier alpha value is -2.73. The maximum atomic E-state index is 12.7. The molecule has 26 heavy (non-hydrogen) atoms. The fourth-order valence-corrected chi connectivity index (χ4v) is 2.77. The van der Waals surface area contributed by atoms with Gasteiger partial charge in [-0.1, -0.05) is 23.7 Å². The van der Waals surface area contributed by atoms with E-state index in [1.54, 1.807) is 42.5 Å². The molecule has 1 heterocycles. The third-order valence-corrected chi connectivity index (χ3v) is 4.45. The number of hydrogen-bond donors (Lipinski definition) is 0. The number of benzene rings is 2. The lowest BCUT2D eigenvalue weighted by Gasteiger charge is -2.33. The SMILES string of the molecule is COC(=O)[C@@H]1CN(C(=O)COc2ccc(Cl)c(C)c2)c2ccccc2O1. The average Bonchev–Trinajstić information content (AvgIpc) is 2.67. The third-order valence-electron chi connectivity index (χ3n) is 4.03. The van der Waals surface area contributed by atoms with E-state index in [0.717, 1.165) is 5.56 Å². The molecule has 2 aromatic rings. The highest BCUT2D eigenvalue weighted by Crippen LogP contribution is 2.33. The Morgan fingerprint density at radius 3 is 2.77 bits per heavy atom. The second-order valence-corrected chi connectivity index (χ2v) is 6.21. The van der Waals surface area contributed by atoms with Crippen LogP contribution in [0, 0.1) is 6.92 Å². The van der Waals surface area contributed by atoms with Gasteiger partial charge in [0.2, 0.25) is 6.10 Å². The number of para-hydroxylation sites is 2. The first-order chi connectivity index (χ1) is 12.5. The molecule has 0 spiro atoms. The summed E-state index contributed by atoms with van der Waals surface area (Å²) in [5.74, 6) is 0.171. The molecule has 1 amide bonds. The van der Waals surface area contributed by atoms with Crippen molar-refractivity contribution in [2.75, 3.05) is 25.2 Å². The largest absolute Gasteiger partial charge is 0.484 e. The Bertz CT molecular complexity index is 838. The molecule has 3 rings (SSSR count). The predicted octanol–water partition coefficient (Wildman–Crippen LogP) is 2.99. The summed E-state index contributed by atoms with van der Waals surface area (Å²) >= 11 is 5.99. The fourth-order valence-electron chi connectivity index (χ4n) is 2.65. The monoisotopic (exact) mass is 375 g/mol. The number of ether oxygens (including phenoxy) is 3. The number of amides is 1. The highest BCUT2D eigenvalue weighted by atomic mass is 35.5. The van der Waals surface area contributed by atoms with Crippen molar-refractivity contribution < 1.29 is 23.8 Å². The van der Waals surface area contributed by atoms with Gasteiger partial charge in [-0.05, 0) is 42.8 Å². The average molecular weight is 376 g/mol. The lowest BCUT2D eigenvalue weighted by atomic mass is 10.2. The molecule has 136 valence electrons. The van der Waals surface area contributed by atoms with Crippen LogP contribution in [-0.2, 0) is 14.3 Å². The van der Waals surface area contributed by atoms with E-state index in [2.05, 4.69) is 0 Å².